The van der Waals surface area contributed by atoms with Crippen molar-refractivity contribution in [3.8, 4) is 11.8 Å². The Hall–Kier alpha value is -2.86. The number of para-hydroxylation sites is 1. The molecule has 2 fully saturated rings. The van der Waals surface area contributed by atoms with Gasteiger partial charge in [0, 0.05) is 0 Å². The molecule has 2 aromatic carbocycles. The van der Waals surface area contributed by atoms with Gasteiger partial charge in [0.25, 0.3) is 0 Å². The number of benzene rings is 2. The monoisotopic (exact) mass is 443 g/mol. The van der Waals surface area contributed by atoms with Crippen LogP contribution < -0.4 is 9.46 Å². The normalized spacial score (nSPS) is 25.4. The third-order valence-corrected chi connectivity index (χ3v) is 6.66. The summed E-state index contributed by atoms with van der Waals surface area (Å²) in [7, 11) is -3.56. The minimum atomic E-state index is -3.56. The highest BCUT2D eigenvalue weighted by Gasteiger charge is 2.50. The average Bonchev–Trinajstić information content (AvgIpc) is 3.47. The zero-order chi connectivity index (χ0) is 21.3. The highest BCUT2D eigenvalue weighted by molar-refractivity contribution is 7.88. The quantitative estimate of drug-likeness (QED) is 0.581. The van der Waals surface area contributed by atoms with Gasteiger partial charge in [-0.3, -0.25) is 0 Å². The summed E-state index contributed by atoms with van der Waals surface area (Å²) in [5.74, 6) is 0.501. The summed E-state index contributed by atoms with van der Waals surface area (Å²) in [6, 6.07) is 17.6. The predicted octanol–water partition coefficient (Wildman–Crippen LogP) is 1.29. The van der Waals surface area contributed by atoms with Crippen molar-refractivity contribution in [3.63, 3.8) is 0 Å². The van der Waals surface area contributed by atoms with Gasteiger partial charge in [-0.15, -0.1) is 0 Å². The molecule has 4 unspecified atom stereocenters. The second kappa shape index (κ2) is 8.35. The number of aromatic nitrogens is 4. The molecule has 162 valence electrons. The number of nitrogens with one attached hydrogen (secondary N) is 1. The first-order valence-corrected chi connectivity index (χ1v) is 11.5. The van der Waals surface area contributed by atoms with E-state index in [1.807, 2.05) is 36.4 Å². The molecule has 31 heavy (non-hydrogen) atoms. The zero-order valence-corrected chi connectivity index (χ0v) is 17.3. The Labute approximate surface area is 179 Å². The zero-order valence-electron chi connectivity index (χ0n) is 16.4. The summed E-state index contributed by atoms with van der Waals surface area (Å²) in [6.07, 6.45) is -0.838. The Morgan fingerprint density at radius 3 is 2.48 bits per heavy atom. The highest BCUT2D eigenvalue weighted by atomic mass is 32.2. The number of tetrazole rings is 1. The Kier molecular flexibility index (Phi) is 5.40. The van der Waals surface area contributed by atoms with Crippen LogP contribution in [0.1, 0.15) is 11.6 Å². The first-order valence-electron chi connectivity index (χ1n) is 9.87. The second-order valence-corrected chi connectivity index (χ2v) is 9.21. The molecule has 0 amide bonds. The summed E-state index contributed by atoms with van der Waals surface area (Å²) >= 11 is 0. The maximum atomic E-state index is 12.6. The molecule has 10 nitrogen and oxygen atoms in total. The molecule has 4 atom stereocenters. The maximum absolute atomic E-state index is 12.6. The largest absolute Gasteiger partial charge is 0.423 e. The number of hydrogen-bond donors (Lipinski definition) is 1. The summed E-state index contributed by atoms with van der Waals surface area (Å²) < 4.78 is 47.1. The van der Waals surface area contributed by atoms with Gasteiger partial charge >= 0.3 is 6.01 Å². The van der Waals surface area contributed by atoms with Crippen molar-refractivity contribution in [2.75, 3.05) is 13.2 Å². The molecule has 0 bridgehead atoms. The molecule has 0 radical (unpaired) electrons. The molecule has 3 heterocycles. The van der Waals surface area contributed by atoms with Crippen LogP contribution in [0.5, 0.6) is 11.8 Å². The SMILES string of the molecule is O=S(=O)(Cc1ccccc1)NC1COC2C1OCC2n1nnnc1Oc1ccccc1. The van der Waals surface area contributed by atoms with E-state index in [1.165, 1.54) is 4.68 Å². The van der Waals surface area contributed by atoms with E-state index in [0.717, 1.165) is 0 Å². The van der Waals surface area contributed by atoms with Gasteiger partial charge < -0.3 is 14.2 Å². The first-order chi connectivity index (χ1) is 15.1. The van der Waals surface area contributed by atoms with Gasteiger partial charge in [0.05, 0.1) is 25.0 Å². The van der Waals surface area contributed by atoms with Crippen molar-refractivity contribution < 1.29 is 22.6 Å². The summed E-state index contributed by atoms with van der Waals surface area (Å²) in [5.41, 5.74) is 0.715. The van der Waals surface area contributed by atoms with Crippen LogP contribution in [0, 0.1) is 0 Å². The summed E-state index contributed by atoms with van der Waals surface area (Å²) in [4.78, 5) is 0. The fourth-order valence-corrected chi connectivity index (χ4v) is 5.29. The molecule has 2 saturated heterocycles. The summed E-state index contributed by atoms with van der Waals surface area (Å²) in [5, 5.41) is 11.7. The molecule has 1 aromatic heterocycles. The van der Waals surface area contributed by atoms with E-state index in [-0.39, 0.29) is 31.0 Å². The molecule has 3 aromatic rings. The van der Waals surface area contributed by atoms with Crippen LogP contribution in [0.2, 0.25) is 0 Å². The standard InChI is InChI=1S/C20H21N5O5S/c26-31(27,13-14-7-3-1-4-8-14)22-16-11-28-19-17(12-29-18(16)19)25-20(21-23-24-25)30-15-9-5-2-6-10-15/h1-10,16-19,22H,11-13H2. The van der Waals surface area contributed by atoms with Gasteiger partial charge in [0.2, 0.25) is 10.0 Å². The van der Waals surface area contributed by atoms with E-state index >= 15 is 0 Å². The highest BCUT2D eigenvalue weighted by Crippen LogP contribution is 2.36. The first kappa shape index (κ1) is 20.1. The number of ether oxygens (including phenoxy) is 3. The lowest BCUT2D eigenvalue weighted by atomic mass is 10.1. The van der Waals surface area contributed by atoms with Crippen LogP contribution in [0.15, 0.2) is 60.7 Å². The molecule has 2 aliphatic rings. The Bertz CT molecular complexity index is 1130. The molecule has 0 aliphatic carbocycles. The van der Waals surface area contributed by atoms with Crippen molar-refractivity contribution in [2.45, 2.75) is 30.0 Å². The van der Waals surface area contributed by atoms with Crippen LogP contribution >= 0.6 is 0 Å². The molecule has 11 heteroatoms. The van der Waals surface area contributed by atoms with Crippen LogP contribution in [0.4, 0.5) is 0 Å². The number of hydrogen-bond acceptors (Lipinski definition) is 8. The lowest BCUT2D eigenvalue weighted by Crippen LogP contribution is -2.44. The molecule has 5 rings (SSSR count). The molecule has 2 aliphatic heterocycles. The molecular weight excluding hydrogens is 422 g/mol. The van der Waals surface area contributed by atoms with E-state index < -0.39 is 28.3 Å². The number of fused-ring (bicyclic) bond motifs is 1. The number of rotatable bonds is 7. The van der Waals surface area contributed by atoms with E-state index in [0.29, 0.717) is 11.3 Å². The Morgan fingerprint density at radius 1 is 1.00 bits per heavy atom. The van der Waals surface area contributed by atoms with E-state index in [2.05, 4.69) is 20.2 Å². The van der Waals surface area contributed by atoms with Crippen LogP contribution in [0.3, 0.4) is 0 Å². The lowest BCUT2D eigenvalue weighted by molar-refractivity contribution is 0.0615. The maximum Gasteiger partial charge on any atom is 0.341 e. The molecular formula is C20H21N5O5S. The van der Waals surface area contributed by atoms with Crippen molar-refractivity contribution in [1.82, 2.24) is 24.9 Å². The van der Waals surface area contributed by atoms with Gasteiger partial charge in [0.1, 0.15) is 24.0 Å². The fourth-order valence-electron chi connectivity index (χ4n) is 3.91. The number of sulfonamides is 1. The lowest BCUT2D eigenvalue weighted by Gasteiger charge is -2.18. The van der Waals surface area contributed by atoms with Gasteiger partial charge in [-0.2, -0.15) is 4.68 Å². The predicted molar refractivity (Wildman–Crippen MR) is 109 cm³/mol. The van der Waals surface area contributed by atoms with Crippen molar-refractivity contribution in [3.05, 3.63) is 66.2 Å². The number of nitrogens with zero attached hydrogens (tertiary/aromatic N) is 4. The average molecular weight is 443 g/mol. The van der Waals surface area contributed by atoms with Gasteiger partial charge in [0.15, 0.2) is 0 Å². The molecule has 0 saturated carbocycles. The Morgan fingerprint density at radius 2 is 1.71 bits per heavy atom. The van der Waals surface area contributed by atoms with Crippen LogP contribution in [-0.2, 0) is 25.2 Å². The molecule has 0 spiro atoms. The van der Waals surface area contributed by atoms with E-state index in [1.54, 1.807) is 24.3 Å². The van der Waals surface area contributed by atoms with Gasteiger partial charge in [-0.1, -0.05) is 53.6 Å². The van der Waals surface area contributed by atoms with Crippen molar-refractivity contribution in [1.29, 1.82) is 0 Å². The molecule has 1 N–H and O–H groups in total. The minimum Gasteiger partial charge on any atom is -0.423 e. The third kappa shape index (κ3) is 4.30. The van der Waals surface area contributed by atoms with Crippen LogP contribution in [0.25, 0.3) is 0 Å². The minimum absolute atomic E-state index is 0.104. The van der Waals surface area contributed by atoms with Crippen molar-refractivity contribution in [2.24, 2.45) is 0 Å². The smallest absolute Gasteiger partial charge is 0.341 e. The third-order valence-electron chi connectivity index (χ3n) is 5.29. The van der Waals surface area contributed by atoms with Gasteiger partial charge in [-0.25, -0.2) is 13.1 Å². The van der Waals surface area contributed by atoms with E-state index in [4.69, 9.17) is 14.2 Å². The second-order valence-electron chi connectivity index (χ2n) is 7.45. The van der Waals surface area contributed by atoms with Gasteiger partial charge in [-0.05, 0) is 28.1 Å². The van der Waals surface area contributed by atoms with Crippen LogP contribution in [-0.4, -0.2) is 60.1 Å². The topological polar surface area (TPSA) is 117 Å². The van der Waals surface area contributed by atoms with Crippen molar-refractivity contribution >= 4 is 10.0 Å². The summed E-state index contributed by atoms with van der Waals surface area (Å²) in [6.45, 7) is 0.485. The Balaban J connectivity index is 1.27. The van der Waals surface area contributed by atoms with E-state index in [9.17, 15) is 8.42 Å². The fraction of sp³-hybridized carbons (Fsp3) is 0.350.